The van der Waals surface area contributed by atoms with E-state index in [1.54, 1.807) is 0 Å². The molecule has 0 spiro atoms. The highest BCUT2D eigenvalue weighted by molar-refractivity contribution is 7.14. The molecule has 0 atom stereocenters. The van der Waals surface area contributed by atoms with E-state index in [1.807, 2.05) is 17.5 Å². The molecule has 0 aromatic carbocycles. The molecule has 2 aromatic rings. The van der Waals surface area contributed by atoms with Gasteiger partial charge in [0.2, 0.25) is 0 Å². The van der Waals surface area contributed by atoms with Gasteiger partial charge in [-0.25, -0.2) is 4.79 Å². The highest BCUT2D eigenvalue weighted by atomic mass is 32.1. The Balaban J connectivity index is 2.27. The molecule has 0 fully saturated rings. The second-order valence-electron chi connectivity index (χ2n) is 2.71. The molecule has 0 bridgehead atoms. The molecule has 80 valence electrons. The number of aromatic nitrogens is 2. The lowest BCUT2D eigenvalue weighted by atomic mass is 10.3. The number of carbonyl (C=O) groups is 1. The first-order chi connectivity index (χ1) is 7.83. The van der Waals surface area contributed by atoms with E-state index >= 15 is 0 Å². The normalized spacial score (nSPS) is 9.69. The van der Waals surface area contributed by atoms with Gasteiger partial charge in [0.25, 0.3) is 0 Å². The SMILES string of the molecule is C#CCOC(=O)c1snnc1-c1cccs1. The molecule has 0 radical (unpaired) electrons. The molecule has 6 heteroatoms. The Morgan fingerprint density at radius 3 is 3.19 bits per heavy atom. The first-order valence-corrected chi connectivity index (χ1v) is 5.95. The topological polar surface area (TPSA) is 52.1 Å². The molecule has 2 rings (SSSR count). The van der Waals surface area contributed by atoms with Crippen molar-refractivity contribution < 1.29 is 9.53 Å². The Morgan fingerprint density at radius 1 is 1.62 bits per heavy atom. The zero-order valence-corrected chi connectivity index (χ0v) is 9.68. The third kappa shape index (κ3) is 2.10. The van der Waals surface area contributed by atoms with Crippen LogP contribution in [0, 0.1) is 12.3 Å². The van der Waals surface area contributed by atoms with Crippen LogP contribution in [0.4, 0.5) is 0 Å². The average molecular weight is 250 g/mol. The van der Waals surface area contributed by atoms with Crippen molar-refractivity contribution in [3.8, 4) is 22.9 Å². The van der Waals surface area contributed by atoms with Gasteiger partial charge in [0.05, 0.1) is 4.88 Å². The number of esters is 1. The third-order valence-electron chi connectivity index (χ3n) is 1.71. The van der Waals surface area contributed by atoms with Gasteiger partial charge in [-0.3, -0.25) is 0 Å². The van der Waals surface area contributed by atoms with E-state index in [4.69, 9.17) is 11.2 Å². The molecule has 0 unspecified atom stereocenters. The van der Waals surface area contributed by atoms with Gasteiger partial charge in [0, 0.05) is 0 Å². The van der Waals surface area contributed by atoms with Crippen molar-refractivity contribution in [1.29, 1.82) is 0 Å². The van der Waals surface area contributed by atoms with Crippen LogP contribution in [-0.2, 0) is 4.74 Å². The molecule has 2 aromatic heterocycles. The van der Waals surface area contributed by atoms with E-state index in [0.717, 1.165) is 16.4 Å². The van der Waals surface area contributed by atoms with Crippen molar-refractivity contribution in [3.63, 3.8) is 0 Å². The number of ether oxygens (including phenoxy) is 1. The summed E-state index contributed by atoms with van der Waals surface area (Å²) >= 11 is 2.50. The van der Waals surface area contributed by atoms with Crippen LogP contribution < -0.4 is 0 Å². The summed E-state index contributed by atoms with van der Waals surface area (Å²) < 4.78 is 8.59. The number of carbonyl (C=O) groups excluding carboxylic acids is 1. The molecular weight excluding hydrogens is 244 g/mol. The molecule has 0 saturated carbocycles. The highest BCUT2D eigenvalue weighted by Crippen LogP contribution is 2.28. The largest absolute Gasteiger partial charge is 0.448 e. The zero-order chi connectivity index (χ0) is 11.4. The van der Waals surface area contributed by atoms with Crippen LogP contribution in [-0.4, -0.2) is 22.2 Å². The smallest absolute Gasteiger partial charge is 0.353 e. The van der Waals surface area contributed by atoms with Crippen LogP contribution in [0.3, 0.4) is 0 Å². The van der Waals surface area contributed by atoms with Gasteiger partial charge >= 0.3 is 5.97 Å². The van der Waals surface area contributed by atoms with Crippen molar-refractivity contribution in [2.75, 3.05) is 6.61 Å². The van der Waals surface area contributed by atoms with Gasteiger partial charge in [-0.15, -0.1) is 22.9 Å². The summed E-state index contributed by atoms with van der Waals surface area (Å²) in [6.07, 6.45) is 5.01. The van der Waals surface area contributed by atoms with Crippen LogP contribution in [0.15, 0.2) is 17.5 Å². The van der Waals surface area contributed by atoms with E-state index in [1.165, 1.54) is 11.3 Å². The maximum atomic E-state index is 11.6. The molecular formula is C10H6N2O2S2. The lowest BCUT2D eigenvalue weighted by molar-refractivity contribution is 0.0563. The van der Waals surface area contributed by atoms with Crippen LogP contribution in [0.25, 0.3) is 10.6 Å². The summed E-state index contributed by atoms with van der Waals surface area (Å²) in [6.45, 7) is -0.0411. The zero-order valence-electron chi connectivity index (χ0n) is 8.04. The minimum Gasteiger partial charge on any atom is -0.448 e. The number of hydrogen-bond acceptors (Lipinski definition) is 6. The number of rotatable bonds is 3. The van der Waals surface area contributed by atoms with E-state index in [-0.39, 0.29) is 6.61 Å². The summed E-state index contributed by atoms with van der Waals surface area (Å²) in [5.74, 6) is 1.76. The molecule has 16 heavy (non-hydrogen) atoms. The molecule has 0 aliphatic rings. The van der Waals surface area contributed by atoms with Crippen LogP contribution >= 0.6 is 22.9 Å². The quantitative estimate of drug-likeness (QED) is 0.618. The van der Waals surface area contributed by atoms with Gasteiger partial charge in [0.1, 0.15) is 5.69 Å². The number of nitrogens with zero attached hydrogens (tertiary/aromatic N) is 2. The Kier molecular flexibility index (Phi) is 3.29. The van der Waals surface area contributed by atoms with Crippen LogP contribution in [0.1, 0.15) is 9.67 Å². The Bertz CT molecular complexity index is 525. The first-order valence-electron chi connectivity index (χ1n) is 4.29. The van der Waals surface area contributed by atoms with Gasteiger partial charge in [-0.2, -0.15) is 0 Å². The monoisotopic (exact) mass is 250 g/mol. The number of hydrogen-bond donors (Lipinski definition) is 0. The minimum absolute atomic E-state index is 0.0411. The minimum atomic E-state index is -0.476. The molecule has 4 nitrogen and oxygen atoms in total. The van der Waals surface area contributed by atoms with E-state index in [0.29, 0.717) is 10.6 Å². The second kappa shape index (κ2) is 4.88. The van der Waals surface area contributed by atoms with Crippen LogP contribution in [0.5, 0.6) is 0 Å². The summed E-state index contributed by atoms with van der Waals surface area (Å²) in [6, 6.07) is 3.76. The lowest BCUT2D eigenvalue weighted by Gasteiger charge is -1.98. The number of thiophene rings is 1. The third-order valence-corrected chi connectivity index (χ3v) is 3.30. The van der Waals surface area contributed by atoms with Gasteiger partial charge < -0.3 is 4.74 Å². The summed E-state index contributed by atoms with van der Waals surface area (Å²) in [5.41, 5.74) is 0.557. The highest BCUT2D eigenvalue weighted by Gasteiger charge is 2.19. The van der Waals surface area contributed by atoms with Gasteiger partial charge in [-0.05, 0) is 23.0 Å². The fourth-order valence-electron chi connectivity index (χ4n) is 1.07. The molecule has 2 heterocycles. The Hall–Kier alpha value is -1.71. The molecule has 0 aliphatic heterocycles. The molecule has 0 N–H and O–H groups in total. The van der Waals surface area contributed by atoms with E-state index in [2.05, 4.69) is 15.5 Å². The lowest BCUT2D eigenvalue weighted by Crippen LogP contribution is -2.04. The molecule has 0 saturated heterocycles. The fourth-order valence-corrected chi connectivity index (χ4v) is 2.43. The summed E-state index contributed by atoms with van der Waals surface area (Å²) in [4.78, 5) is 12.9. The molecule has 0 amide bonds. The predicted octanol–water partition coefficient (Wildman–Crippen LogP) is 2.06. The van der Waals surface area contributed by atoms with Crippen LogP contribution in [0.2, 0.25) is 0 Å². The summed E-state index contributed by atoms with van der Waals surface area (Å²) in [7, 11) is 0. The second-order valence-corrected chi connectivity index (χ2v) is 4.41. The van der Waals surface area contributed by atoms with Gasteiger partial charge in [0.15, 0.2) is 11.5 Å². The number of terminal acetylenes is 1. The average Bonchev–Trinajstić information content (AvgIpc) is 2.94. The van der Waals surface area contributed by atoms with Crippen molar-refractivity contribution >= 4 is 28.8 Å². The van der Waals surface area contributed by atoms with Crippen molar-refractivity contribution in [2.24, 2.45) is 0 Å². The maximum Gasteiger partial charge on any atom is 0.353 e. The van der Waals surface area contributed by atoms with Crippen molar-refractivity contribution in [3.05, 3.63) is 22.4 Å². The standard InChI is InChI=1S/C10H6N2O2S2/c1-2-5-14-10(13)9-8(11-12-16-9)7-4-3-6-15-7/h1,3-4,6H,5H2. The Morgan fingerprint density at radius 2 is 2.50 bits per heavy atom. The van der Waals surface area contributed by atoms with E-state index in [9.17, 15) is 4.79 Å². The Labute approximate surface area is 100 Å². The maximum absolute atomic E-state index is 11.6. The first kappa shape index (κ1) is 10.8. The van der Waals surface area contributed by atoms with Gasteiger partial charge in [-0.1, -0.05) is 16.5 Å². The van der Waals surface area contributed by atoms with Crippen molar-refractivity contribution in [1.82, 2.24) is 9.59 Å². The predicted molar refractivity (Wildman–Crippen MR) is 62.3 cm³/mol. The van der Waals surface area contributed by atoms with Crippen molar-refractivity contribution in [2.45, 2.75) is 0 Å². The molecule has 0 aliphatic carbocycles. The van der Waals surface area contributed by atoms with E-state index < -0.39 is 5.97 Å². The summed E-state index contributed by atoms with van der Waals surface area (Å²) in [5, 5.41) is 5.82. The fraction of sp³-hybridized carbons (Fsp3) is 0.100.